The van der Waals surface area contributed by atoms with E-state index in [1.165, 1.54) is 6.33 Å². The summed E-state index contributed by atoms with van der Waals surface area (Å²) in [6, 6.07) is 7.62. The molecule has 0 aliphatic heterocycles. The van der Waals surface area contributed by atoms with Crippen molar-refractivity contribution in [3.8, 4) is 0 Å². The number of carbonyl (C=O) groups is 1. The number of aromatic nitrogens is 3. The topological polar surface area (TPSA) is 51.0 Å². The van der Waals surface area contributed by atoms with Gasteiger partial charge in [0.25, 0.3) is 0 Å². The Balaban J connectivity index is 2.09. The fourth-order valence-corrected chi connectivity index (χ4v) is 2.11. The highest BCUT2D eigenvalue weighted by molar-refractivity contribution is 5.97. The molecule has 0 spiro atoms. The molecule has 0 aliphatic rings. The molecular weight excluding hydrogens is 264 g/mol. The third kappa shape index (κ3) is 3.90. The Morgan fingerprint density at radius 2 is 1.90 bits per heavy atom. The number of benzene rings is 1. The number of rotatable bonds is 6. The number of carbonyl (C=O) groups excluding carboxylic acids is 1. The van der Waals surface area contributed by atoms with E-state index in [2.05, 4.69) is 23.9 Å². The lowest BCUT2D eigenvalue weighted by atomic mass is 10.1. The van der Waals surface area contributed by atoms with Gasteiger partial charge in [-0.05, 0) is 30.2 Å². The number of nitrogens with zero attached hydrogens (tertiary/aromatic N) is 4. The molecule has 0 radical (unpaired) electrons. The van der Waals surface area contributed by atoms with Crippen LogP contribution in [0.4, 0.5) is 5.69 Å². The summed E-state index contributed by atoms with van der Waals surface area (Å²) in [5.41, 5.74) is 1.79. The summed E-state index contributed by atoms with van der Waals surface area (Å²) in [6.45, 7) is 5.02. The van der Waals surface area contributed by atoms with Gasteiger partial charge in [-0.3, -0.25) is 4.79 Å². The van der Waals surface area contributed by atoms with Crippen LogP contribution in [-0.4, -0.2) is 34.6 Å². The Morgan fingerprint density at radius 1 is 1.24 bits per heavy atom. The van der Waals surface area contributed by atoms with Crippen molar-refractivity contribution in [2.24, 2.45) is 5.92 Å². The molecule has 0 N–H and O–H groups in total. The smallest absolute Gasteiger partial charge is 0.170 e. The van der Waals surface area contributed by atoms with E-state index in [0.717, 1.165) is 18.1 Å². The van der Waals surface area contributed by atoms with Gasteiger partial charge in [0.1, 0.15) is 12.2 Å². The van der Waals surface area contributed by atoms with Crippen molar-refractivity contribution in [2.45, 2.75) is 26.8 Å². The maximum atomic E-state index is 12.3. The molecule has 5 nitrogen and oxygen atoms in total. The Labute approximate surface area is 125 Å². The molecular formula is C16H22N4O. The fraction of sp³-hybridized carbons (Fsp3) is 0.438. The molecule has 21 heavy (non-hydrogen) atoms. The SMILES string of the molecule is CC(C)Cn1ncnc1CC(=O)c1ccc(N(C)C)cc1. The first-order valence-electron chi connectivity index (χ1n) is 7.14. The maximum Gasteiger partial charge on any atom is 0.170 e. The van der Waals surface area contributed by atoms with Crippen LogP contribution in [0.3, 0.4) is 0 Å². The van der Waals surface area contributed by atoms with Crippen molar-refractivity contribution >= 4 is 11.5 Å². The van der Waals surface area contributed by atoms with Gasteiger partial charge in [-0.25, -0.2) is 9.67 Å². The van der Waals surface area contributed by atoms with Gasteiger partial charge < -0.3 is 4.90 Å². The summed E-state index contributed by atoms with van der Waals surface area (Å²) < 4.78 is 1.82. The van der Waals surface area contributed by atoms with Crippen LogP contribution in [0.5, 0.6) is 0 Å². The monoisotopic (exact) mass is 286 g/mol. The number of hydrogen-bond donors (Lipinski definition) is 0. The van der Waals surface area contributed by atoms with Crippen molar-refractivity contribution in [1.82, 2.24) is 14.8 Å². The first-order valence-corrected chi connectivity index (χ1v) is 7.14. The minimum absolute atomic E-state index is 0.0679. The lowest BCUT2D eigenvalue weighted by Gasteiger charge is -2.12. The second kappa shape index (κ2) is 6.52. The van der Waals surface area contributed by atoms with Crippen LogP contribution in [0.15, 0.2) is 30.6 Å². The highest BCUT2D eigenvalue weighted by Crippen LogP contribution is 2.14. The molecule has 0 fully saturated rings. The number of Topliss-reactive ketones (excluding diaryl/α,β-unsaturated/α-hetero) is 1. The van der Waals surface area contributed by atoms with Gasteiger partial charge in [0.15, 0.2) is 5.78 Å². The summed E-state index contributed by atoms with van der Waals surface area (Å²) in [6.07, 6.45) is 1.80. The Kier molecular flexibility index (Phi) is 4.73. The molecule has 0 amide bonds. The predicted octanol–water partition coefficient (Wildman–Crippen LogP) is 2.43. The van der Waals surface area contributed by atoms with E-state index in [1.807, 2.05) is 47.9 Å². The molecule has 0 unspecified atom stereocenters. The van der Waals surface area contributed by atoms with Crippen molar-refractivity contribution in [2.75, 3.05) is 19.0 Å². The predicted molar refractivity (Wildman–Crippen MR) is 83.7 cm³/mol. The van der Waals surface area contributed by atoms with Gasteiger partial charge in [-0.1, -0.05) is 13.8 Å². The van der Waals surface area contributed by atoms with Gasteiger partial charge in [-0.2, -0.15) is 5.10 Å². The average molecular weight is 286 g/mol. The second-order valence-corrected chi connectivity index (χ2v) is 5.79. The van der Waals surface area contributed by atoms with Crippen LogP contribution in [-0.2, 0) is 13.0 Å². The van der Waals surface area contributed by atoms with Crippen molar-refractivity contribution < 1.29 is 4.79 Å². The van der Waals surface area contributed by atoms with Crippen molar-refractivity contribution in [1.29, 1.82) is 0 Å². The lowest BCUT2D eigenvalue weighted by Crippen LogP contribution is -2.14. The van der Waals surface area contributed by atoms with Crippen molar-refractivity contribution in [3.63, 3.8) is 0 Å². The standard InChI is InChI=1S/C16H22N4O/c1-12(2)10-20-16(17-11-18-20)9-15(21)13-5-7-14(8-6-13)19(3)4/h5-8,11-12H,9-10H2,1-4H3. The van der Waals surface area contributed by atoms with Gasteiger partial charge in [0.05, 0.1) is 6.42 Å². The van der Waals surface area contributed by atoms with Crippen LogP contribution in [0.1, 0.15) is 30.0 Å². The molecule has 1 heterocycles. The minimum Gasteiger partial charge on any atom is -0.378 e. The third-order valence-electron chi connectivity index (χ3n) is 3.26. The van der Waals surface area contributed by atoms with Gasteiger partial charge >= 0.3 is 0 Å². The zero-order valence-electron chi connectivity index (χ0n) is 13.1. The van der Waals surface area contributed by atoms with Crippen LogP contribution >= 0.6 is 0 Å². The molecule has 0 saturated carbocycles. The van der Waals surface area contributed by atoms with Gasteiger partial charge in [0.2, 0.25) is 0 Å². The fourth-order valence-electron chi connectivity index (χ4n) is 2.11. The summed E-state index contributed by atoms with van der Waals surface area (Å²) >= 11 is 0. The lowest BCUT2D eigenvalue weighted by molar-refractivity contribution is 0.0989. The maximum absolute atomic E-state index is 12.3. The highest BCUT2D eigenvalue weighted by Gasteiger charge is 2.13. The number of hydrogen-bond acceptors (Lipinski definition) is 4. The minimum atomic E-state index is 0.0679. The van der Waals surface area contributed by atoms with E-state index >= 15 is 0 Å². The Bertz CT molecular complexity index is 599. The average Bonchev–Trinajstić information content (AvgIpc) is 2.85. The van der Waals surface area contributed by atoms with Crippen LogP contribution < -0.4 is 4.90 Å². The van der Waals surface area contributed by atoms with Gasteiger partial charge in [0, 0.05) is 31.9 Å². The molecule has 1 aromatic carbocycles. The highest BCUT2D eigenvalue weighted by atomic mass is 16.1. The van der Waals surface area contributed by atoms with E-state index < -0.39 is 0 Å². The summed E-state index contributed by atoms with van der Waals surface area (Å²) in [5.74, 6) is 1.27. The molecule has 1 aromatic heterocycles. The first-order chi connectivity index (χ1) is 9.97. The van der Waals surface area contributed by atoms with E-state index in [0.29, 0.717) is 11.5 Å². The quantitative estimate of drug-likeness (QED) is 0.765. The molecule has 2 rings (SSSR count). The molecule has 0 bridgehead atoms. The normalized spacial score (nSPS) is 10.9. The van der Waals surface area contributed by atoms with E-state index in [9.17, 15) is 4.79 Å². The van der Waals surface area contributed by atoms with Gasteiger partial charge in [-0.15, -0.1) is 0 Å². The van der Waals surface area contributed by atoms with Crippen molar-refractivity contribution in [3.05, 3.63) is 42.0 Å². The molecule has 112 valence electrons. The van der Waals surface area contributed by atoms with E-state index in [-0.39, 0.29) is 12.2 Å². The van der Waals surface area contributed by atoms with E-state index in [1.54, 1.807) is 0 Å². The molecule has 5 heteroatoms. The first kappa shape index (κ1) is 15.2. The number of ketones is 1. The van der Waals surface area contributed by atoms with Crippen LogP contribution in [0, 0.1) is 5.92 Å². The molecule has 2 aromatic rings. The van der Waals surface area contributed by atoms with E-state index in [4.69, 9.17) is 0 Å². The Hall–Kier alpha value is -2.17. The number of anilines is 1. The second-order valence-electron chi connectivity index (χ2n) is 5.79. The summed E-state index contributed by atoms with van der Waals surface area (Å²) in [4.78, 5) is 18.5. The molecule has 0 saturated heterocycles. The largest absolute Gasteiger partial charge is 0.378 e. The molecule has 0 atom stereocenters. The zero-order valence-corrected chi connectivity index (χ0v) is 13.1. The third-order valence-corrected chi connectivity index (χ3v) is 3.26. The van der Waals surface area contributed by atoms with Crippen LogP contribution in [0.2, 0.25) is 0 Å². The van der Waals surface area contributed by atoms with Crippen LogP contribution in [0.25, 0.3) is 0 Å². The zero-order chi connectivity index (χ0) is 15.4. The summed E-state index contributed by atoms with van der Waals surface area (Å²) in [7, 11) is 3.95. The molecule has 0 aliphatic carbocycles. The summed E-state index contributed by atoms with van der Waals surface area (Å²) in [5, 5.41) is 4.19. The Morgan fingerprint density at radius 3 is 2.48 bits per heavy atom.